The van der Waals surface area contributed by atoms with Crippen molar-refractivity contribution in [3.05, 3.63) is 200 Å². The van der Waals surface area contributed by atoms with Crippen LogP contribution in [0.2, 0.25) is 0 Å². The summed E-state index contributed by atoms with van der Waals surface area (Å²) in [6.07, 6.45) is 0. The predicted octanol–water partition coefficient (Wildman–Crippen LogP) is 15.6. The van der Waals surface area contributed by atoms with Gasteiger partial charge in [0.05, 0.1) is 0 Å². The van der Waals surface area contributed by atoms with Crippen molar-refractivity contribution in [2.45, 2.75) is 0 Å². The Morgan fingerprint density at radius 3 is 1.82 bits per heavy atom. The molecule has 0 saturated carbocycles. The number of hydrogen-bond donors (Lipinski definition) is 0. The van der Waals surface area contributed by atoms with Gasteiger partial charge in [-0.1, -0.05) is 140 Å². The van der Waals surface area contributed by atoms with Crippen molar-refractivity contribution in [3.8, 4) is 33.4 Å². The summed E-state index contributed by atoms with van der Waals surface area (Å²) in [5, 5.41) is 7.37. The van der Waals surface area contributed by atoms with Gasteiger partial charge in [0.15, 0.2) is 0 Å². The van der Waals surface area contributed by atoms with Gasteiger partial charge < -0.3 is 9.32 Å². The first-order valence-corrected chi connectivity index (χ1v) is 19.5. The van der Waals surface area contributed by atoms with E-state index in [-0.39, 0.29) is 0 Å². The third-order valence-electron chi connectivity index (χ3n) is 10.9. The van der Waals surface area contributed by atoms with Crippen molar-refractivity contribution >= 4 is 81.3 Å². The van der Waals surface area contributed by atoms with Gasteiger partial charge in [-0.15, -0.1) is 11.3 Å². The maximum atomic E-state index is 6.50. The Morgan fingerprint density at radius 2 is 0.945 bits per heavy atom. The van der Waals surface area contributed by atoms with Gasteiger partial charge in [0.2, 0.25) is 0 Å². The van der Waals surface area contributed by atoms with Crippen molar-refractivity contribution in [2.24, 2.45) is 0 Å². The molecule has 0 amide bonds. The Bertz CT molecular complexity index is 3220. The van der Waals surface area contributed by atoms with Gasteiger partial charge in [-0.2, -0.15) is 0 Å². The summed E-state index contributed by atoms with van der Waals surface area (Å²) in [4.78, 5) is 2.37. The molecule has 0 spiro atoms. The highest BCUT2D eigenvalue weighted by Gasteiger charge is 2.18. The van der Waals surface area contributed by atoms with Crippen molar-refractivity contribution < 1.29 is 4.42 Å². The Hall–Kier alpha value is -6.94. The molecule has 55 heavy (non-hydrogen) atoms. The maximum Gasteiger partial charge on any atom is 0.143 e. The highest BCUT2D eigenvalue weighted by molar-refractivity contribution is 7.25. The number of anilines is 3. The molecule has 11 aromatic rings. The lowest BCUT2D eigenvalue weighted by Gasteiger charge is -2.27. The second kappa shape index (κ2) is 12.9. The van der Waals surface area contributed by atoms with Crippen LogP contribution in [0.5, 0.6) is 0 Å². The first-order chi connectivity index (χ1) is 27.2. The van der Waals surface area contributed by atoms with Crippen LogP contribution in [0, 0.1) is 0 Å². The topological polar surface area (TPSA) is 16.4 Å². The largest absolute Gasteiger partial charge is 0.455 e. The lowest BCUT2D eigenvalue weighted by Crippen LogP contribution is -2.10. The van der Waals surface area contributed by atoms with E-state index in [2.05, 4.69) is 193 Å². The van der Waals surface area contributed by atoms with Crippen LogP contribution >= 0.6 is 11.3 Å². The molecule has 2 heterocycles. The summed E-state index contributed by atoms with van der Waals surface area (Å²) >= 11 is 1.85. The average molecular weight is 720 g/mol. The second-order valence-corrected chi connectivity index (χ2v) is 15.2. The number of para-hydroxylation sites is 2. The lowest BCUT2D eigenvalue weighted by atomic mass is 9.97. The summed E-state index contributed by atoms with van der Waals surface area (Å²) in [5.74, 6) is 0. The summed E-state index contributed by atoms with van der Waals surface area (Å²) < 4.78 is 9.13. The minimum absolute atomic E-state index is 0.902. The number of hydrogen-bond acceptors (Lipinski definition) is 3. The molecule has 0 aliphatic heterocycles. The van der Waals surface area contributed by atoms with Crippen LogP contribution < -0.4 is 4.90 Å². The summed E-state index contributed by atoms with van der Waals surface area (Å²) in [5.41, 5.74) is 12.0. The van der Waals surface area contributed by atoms with E-state index in [0.717, 1.165) is 50.1 Å². The molecule has 0 atom stereocenters. The zero-order valence-electron chi connectivity index (χ0n) is 29.8. The Balaban J connectivity index is 1.06. The SMILES string of the molecule is c1cc(-c2ccc3sc4ccccc4c3c2)cc(N(c2ccc(-c3cccc4ccccc34)cc2)c2cccc(-c3cccc4c3oc3ccccc34)c2)c1. The van der Waals surface area contributed by atoms with Gasteiger partial charge in [-0.25, -0.2) is 0 Å². The summed E-state index contributed by atoms with van der Waals surface area (Å²) in [6.45, 7) is 0. The number of fused-ring (bicyclic) bond motifs is 7. The number of benzene rings is 9. The molecule has 0 saturated heterocycles. The molecule has 2 aromatic heterocycles. The van der Waals surface area contributed by atoms with E-state index < -0.39 is 0 Å². The molecule has 2 nitrogen and oxygen atoms in total. The normalized spacial score (nSPS) is 11.6. The lowest BCUT2D eigenvalue weighted by molar-refractivity contribution is 0.670. The molecule has 0 N–H and O–H groups in total. The predicted molar refractivity (Wildman–Crippen MR) is 235 cm³/mol. The van der Waals surface area contributed by atoms with Gasteiger partial charge in [0, 0.05) is 53.6 Å². The van der Waals surface area contributed by atoms with Crippen LogP contribution in [0.15, 0.2) is 205 Å². The molecule has 0 aliphatic rings. The molecule has 0 bridgehead atoms. The van der Waals surface area contributed by atoms with Gasteiger partial charge in [-0.05, 0) is 99.3 Å². The number of nitrogens with zero attached hydrogens (tertiary/aromatic N) is 1. The molecule has 3 heteroatoms. The Kier molecular flexibility index (Phi) is 7.39. The van der Waals surface area contributed by atoms with Gasteiger partial charge in [0.25, 0.3) is 0 Å². The first kappa shape index (κ1) is 31.6. The minimum Gasteiger partial charge on any atom is -0.455 e. The third kappa shape index (κ3) is 5.40. The summed E-state index contributed by atoms with van der Waals surface area (Å²) in [7, 11) is 0. The standard InChI is InChI=1S/C52H33NOS/c1-2-17-42-34(11-1)12-9-20-43(42)35-25-28-39(29-26-35)53(40-15-7-13-36(31-40)37-27-30-51-48(33-37)46-19-4-6-24-50(46)55-51)41-16-8-14-38(32-41)44-21-10-22-47-45-18-3-5-23-49(45)54-52(44)47/h1-33H. The molecule has 0 unspecified atom stereocenters. The second-order valence-electron chi connectivity index (χ2n) is 14.1. The van der Waals surface area contributed by atoms with E-state index in [0.29, 0.717) is 0 Å². The number of thiophene rings is 1. The average Bonchev–Trinajstić information content (AvgIpc) is 3.82. The maximum absolute atomic E-state index is 6.50. The van der Waals surface area contributed by atoms with E-state index >= 15 is 0 Å². The van der Waals surface area contributed by atoms with E-state index in [1.807, 2.05) is 23.5 Å². The molecular weight excluding hydrogens is 687 g/mol. The molecule has 258 valence electrons. The fourth-order valence-corrected chi connectivity index (χ4v) is 9.32. The third-order valence-corrected chi connectivity index (χ3v) is 12.0. The van der Waals surface area contributed by atoms with Crippen molar-refractivity contribution in [1.29, 1.82) is 0 Å². The quantitative estimate of drug-likeness (QED) is 0.170. The van der Waals surface area contributed by atoms with Crippen LogP contribution in [0.1, 0.15) is 0 Å². The van der Waals surface area contributed by atoms with E-state index in [1.54, 1.807) is 0 Å². The zero-order valence-corrected chi connectivity index (χ0v) is 30.6. The van der Waals surface area contributed by atoms with Crippen LogP contribution in [0.4, 0.5) is 17.1 Å². The molecule has 0 aliphatic carbocycles. The fraction of sp³-hybridized carbons (Fsp3) is 0. The minimum atomic E-state index is 0.902. The van der Waals surface area contributed by atoms with Crippen molar-refractivity contribution in [1.82, 2.24) is 0 Å². The van der Waals surface area contributed by atoms with Gasteiger partial charge >= 0.3 is 0 Å². The monoisotopic (exact) mass is 719 g/mol. The molecular formula is C52H33NOS. The van der Waals surface area contributed by atoms with Crippen LogP contribution in [0.25, 0.3) is 86.3 Å². The van der Waals surface area contributed by atoms with Crippen LogP contribution in [-0.2, 0) is 0 Å². The van der Waals surface area contributed by atoms with Gasteiger partial charge in [-0.3, -0.25) is 0 Å². The first-order valence-electron chi connectivity index (χ1n) is 18.7. The zero-order chi connectivity index (χ0) is 36.3. The number of rotatable bonds is 6. The van der Waals surface area contributed by atoms with E-state index in [1.165, 1.54) is 53.2 Å². The Labute approximate surface area is 322 Å². The molecule has 0 radical (unpaired) electrons. The summed E-state index contributed by atoms with van der Waals surface area (Å²) in [6, 6.07) is 72.2. The van der Waals surface area contributed by atoms with E-state index in [9.17, 15) is 0 Å². The number of furan rings is 1. The Morgan fingerprint density at radius 1 is 0.345 bits per heavy atom. The van der Waals surface area contributed by atoms with Crippen molar-refractivity contribution in [3.63, 3.8) is 0 Å². The van der Waals surface area contributed by atoms with Crippen molar-refractivity contribution in [2.75, 3.05) is 4.90 Å². The highest BCUT2D eigenvalue weighted by Crippen LogP contribution is 2.43. The molecule has 11 rings (SSSR count). The van der Waals surface area contributed by atoms with Crippen LogP contribution in [0.3, 0.4) is 0 Å². The molecule has 9 aromatic carbocycles. The highest BCUT2D eigenvalue weighted by atomic mass is 32.1. The fourth-order valence-electron chi connectivity index (χ4n) is 8.23. The van der Waals surface area contributed by atoms with Gasteiger partial charge in [0.1, 0.15) is 11.2 Å². The van der Waals surface area contributed by atoms with E-state index in [4.69, 9.17) is 4.42 Å². The smallest absolute Gasteiger partial charge is 0.143 e. The molecule has 0 fully saturated rings. The van der Waals surface area contributed by atoms with Crippen LogP contribution in [-0.4, -0.2) is 0 Å².